The van der Waals surface area contributed by atoms with Gasteiger partial charge in [-0.1, -0.05) is 0 Å². The molecule has 3 heterocycles. The summed E-state index contributed by atoms with van der Waals surface area (Å²) in [6.45, 7) is 0.985. The molecule has 0 saturated heterocycles. The van der Waals surface area contributed by atoms with Crippen molar-refractivity contribution in [3.8, 4) is 0 Å². The number of nitrogens with one attached hydrogen (secondary N) is 2. The Hall–Kier alpha value is -3.36. The first kappa shape index (κ1) is 15.5. The molecule has 0 spiro atoms. The molecule has 124 valence electrons. The Morgan fingerprint density at radius 2 is 2.17 bits per heavy atom. The zero-order chi connectivity index (χ0) is 16.9. The molecule has 0 bridgehead atoms. The minimum atomic E-state index is -0.409. The van der Waals surface area contributed by atoms with Gasteiger partial charge in [0, 0.05) is 32.1 Å². The van der Waals surface area contributed by atoms with Crippen LogP contribution in [-0.4, -0.2) is 37.9 Å². The van der Waals surface area contributed by atoms with E-state index in [1.165, 1.54) is 17.0 Å². The number of hydrogen-bond donors (Lipinski definition) is 2. The van der Waals surface area contributed by atoms with Crippen LogP contribution in [0.3, 0.4) is 0 Å². The zero-order valence-electron chi connectivity index (χ0n) is 13.0. The molecular weight excluding hydrogens is 312 g/mol. The maximum Gasteiger partial charge on any atom is 0.292 e. The molecule has 3 rings (SSSR count). The summed E-state index contributed by atoms with van der Waals surface area (Å²) in [5, 5.41) is 13.5. The number of amides is 2. The molecule has 9 heteroatoms. The fourth-order valence-electron chi connectivity index (χ4n) is 2.09. The Kier molecular flexibility index (Phi) is 4.41. The quantitative estimate of drug-likeness (QED) is 0.699. The molecule has 0 saturated carbocycles. The van der Waals surface area contributed by atoms with Crippen LogP contribution in [0.15, 0.2) is 47.3 Å². The van der Waals surface area contributed by atoms with E-state index in [0.29, 0.717) is 18.9 Å². The molecule has 2 N–H and O–H groups in total. The highest BCUT2D eigenvalue weighted by molar-refractivity contribution is 6.02. The molecule has 0 unspecified atom stereocenters. The number of carbonyl (C=O) groups excluding carboxylic acids is 2. The van der Waals surface area contributed by atoms with Crippen molar-refractivity contribution >= 4 is 17.6 Å². The lowest BCUT2D eigenvalue weighted by Gasteiger charge is -2.03. The minimum absolute atomic E-state index is 0.182. The van der Waals surface area contributed by atoms with Crippen molar-refractivity contribution in [3.63, 3.8) is 0 Å². The molecule has 0 aliphatic rings. The van der Waals surface area contributed by atoms with Gasteiger partial charge in [0.2, 0.25) is 0 Å². The van der Waals surface area contributed by atoms with Crippen LogP contribution >= 0.6 is 0 Å². The highest BCUT2D eigenvalue weighted by Gasteiger charge is 2.16. The highest BCUT2D eigenvalue weighted by atomic mass is 16.3. The van der Waals surface area contributed by atoms with Crippen molar-refractivity contribution in [1.29, 1.82) is 0 Å². The molecule has 9 nitrogen and oxygen atoms in total. The average molecular weight is 328 g/mol. The van der Waals surface area contributed by atoms with Crippen molar-refractivity contribution < 1.29 is 14.0 Å². The van der Waals surface area contributed by atoms with Gasteiger partial charge in [-0.05, 0) is 18.2 Å². The molecule has 24 heavy (non-hydrogen) atoms. The minimum Gasteiger partial charge on any atom is -0.459 e. The largest absolute Gasteiger partial charge is 0.459 e. The number of nitrogens with zero attached hydrogens (tertiary/aromatic N) is 4. The summed E-state index contributed by atoms with van der Waals surface area (Å²) in [6.07, 6.45) is 4.90. The third kappa shape index (κ3) is 3.51. The van der Waals surface area contributed by atoms with E-state index in [-0.39, 0.29) is 17.4 Å². The Labute approximate surface area is 137 Å². The second-order valence-electron chi connectivity index (χ2n) is 4.99. The fourth-order valence-corrected chi connectivity index (χ4v) is 2.09. The summed E-state index contributed by atoms with van der Waals surface area (Å²) in [5.41, 5.74) is 0.215. The number of anilines is 1. The lowest BCUT2D eigenvalue weighted by atomic mass is 10.3. The molecule has 3 aromatic rings. The smallest absolute Gasteiger partial charge is 0.292 e. The van der Waals surface area contributed by atoms with Crippen LogP contribution in [0.25, 0.3) is 0 Å². The number of rotatable bonds is 6. The van der Waals surface area contributed by atoms with Gasteiger partial charge >= 0.3 is 0 Å². The van der Waals surface area contributed by atoms with E-state index in [9.17, 15) is 9.59 Å². The number of aromatic nitrogens is 4. The van der Waals surface area contributed by atoms with E-state index in [1.807, 2.05) is 12.3 Å². The van der Waals surface area contributed by atoms with E-state index < -0.39 is 5.91 Å². The number of hydrogen-bond acceptors (Lipinski definition) is 5. The van der Waals surface area contributed by atoms with Gasteiger partial charge in [0.25, 0.3) is 11.8 Å². The zero-order valence-corrected chi connectivity index (χ0v) is 13.0. The van der Waals surface area contributed by atoms with Gasteiger partial charge in [-0.3, -0.25) is 19.0 Å². The Morgan fingerprint density at radius 3 is 2.88 bits per heavy atom. The standard InChI is InChI=1S/C15H16N6O3/c1-20-13(18-15(23)12-4-2-9-24-12)10-11(19-20)14(22)16-6-8-21-7-3-5-17-21/h2-5,7,9-10H,6,8H2,1H3,(H,16,22)(H,18,23). The van der Waals surface area contributed by atoms with Crippen LogP contribution in [0.5, 0.6) is 0 Å². The van der Waals surface area contributed by atoms with Crippen LogP contribution in [0, 0.1) is 0 Å². The lowest BCUT2D eigenvalue weighted by molar-refractivity contribution is 0.0945. The van der Waals surface area contributed by atoms with Gasteiger partial charge in [-0.2, -0.15) is 10.2 Å². The molecular formula is C15H16N6O3. The van der Waals surface area contributed by atoms with E-state index in [0.717, 1.165) is 0 Å². The van der Waals surface area contributed by atoms with Gasteiger partial charge < -0.3 is 15.1 Å². The first-order chi connectivity index (χ1) is 11.6. The van der Waals surface area contributed by atoms with Gasteiger partial charge in [0.15, 0.2) is 11.5 Å². The first-order valence-electron chi connectivity index (χ1n) is 7.28. The van der Waals surface area contributed by atoms with E-state index >= 15 is 0 Å². The molecule has 0 atom stereocenters. The van der Waals surface area contributed by atoms with Crippen LogP contribution in [0.4, 0.5) is 5.82 Å². The second-order valence-corrected chi connectivity index (χ2v) is 4.99. The van der Waals surface area contributed by atoms with Crippen LogP contribution in [0.1, 0.15) is 21.0 Å². The number of carbonyl (C=O) groups is 2. The topological polar surface area (TPSA) is 107 Å². The van der Waals surface area contributed by atoms with E-state index in [4.69, 9.17) is 4.42 Å². The number of furan rings is 1. The highest BCUT2D eigenvalue weighted by Crippen LogP contribution is 2.11. The van der Waals surface area contributed by atoms with Crippen molar-refractivity contribution in [3.05, 3.63) is 54.4 Å². The third-order valence-corrected chi connectivity index (χ3v) is 3.28. The molecule has 0 fully saturated rings. The Bertz CT molecular complexity index is 820. The summed E-state index contributed by atoms with van der Waals surface area (Å²) in [5.74, 6) is -0.153. The molecule has 0 aliphatic carbocycles. The van der Waals surface area contributed by atoms with Crippen molar-refractivity contribution in [1.82, 2.24) is 24.9 Å². The predicted octanol–water partition coefficient (Wildman–Crippen LogP) is 0.892. The second kappa shape index (κ2) is 6.82. The van der Waals surface area contributed by atoms with Crippen LogP contribution in [-0.2, 0) is 13.6 Å². The summed E-state index contributed by atoms with van der Waals surface area (Å²) in [4.78, 5) is 24.1. The normalized spacial score (nSPS) is 10.5. The Morgan fingerprint density at radius 1 is 1.29 bits per heavy atom. The van der Waals surface area contributed by atoms with Gasteiger partial charge in [0.1, 0.15) is 5.82 Å². The third-order valence-electron chi connectivity index (χ3n) is 3.28. The van der Waals surface area contributed by atoms with Gasteiger partial charge in [-0.25, -0.2) is 0 Å². The first-order valence-corrected chi connectivity index (χ1v) is 7.28. The van der Waals surface area contributed by atoms with Crippen molar-refractivity contribution in [2.24, 2.45) is 7.05 Å². The molecule has 2 amide bonds. The molecule has 3 aromatic heterocycles. The summed E-state index contributed by atoms with van der Waals surface area (Å²) in [7, 11) is 1.64. The SMILES string of the molecule is Cn1nc(C(=O)NCCn2cccn2)cc1NC(=O)c1ccco1. The average Bonchev–Trinajstić information content (AvgIpc) is 3.29. The predicted molar refractivity (Wildman–Crippen MR) is 84.4 cm³/mol. The van der Waals surface area contributed by atoms with Gasteiger partial charge in [0.05, 0.1) is 12.8 Å². The Balaban J connectivity index is 1.58. The fraction of sp³-hybridized carbons (Fsp3) is 0.200. The van der Waals surface area contributed by atoms with E-state index in [2.05, 4.69) is 20.8 Å². The molecule has 0 radical (unpaired) electrons. The summed E-state index contributed by atoms with van der Waals surface area (Å²) >= 11 is 0. The lowest BCUT2D eigenvalue weighted by Crippen LogP contribution is -2.27. The molecule has 0 aromatic carbocycles. The summed E-state index contributed by atoms with van der Waals surface area (Å²) in [6, 6.07) is 6.49. The van der Waals surface area contributed by atoms with Crippen LogP contribution < -0.4 is 10.6 Å². The van der Waals surface area contributed by atoms with E-state index in [1.54, 1.807) is 30.1 Å². The maximum atomic E-state index is 12.1. The van der Waals surface area contributed by atoms with Crippen molar-refractivity contribution in [2.45, 2.75) is 6.54 Å². The monoisotopic (exact) mass is 328 g/mol. The number of aryl methyl sites for hydroxylation is 1. The van der Waals surface area contributed by atoms with Crippen LogP contribution in [0.2, 0.25) is 0 Å². The summed E-state index contributed by atoms with van der Waals surface area (Å²) < 4.78 is 8.16. The van der Waals surface area contributed by atoms with Gasteiger partial charge in [-0.15, -0.1) is 0 Å². The molecule has 0 aliphatic heterocycles. The maximum absolute atomic E-state index is 12.1. The van der Waals surface area contributed by atoms with Crippen molar-refractivity contribution in [2.75, 3.05) is 11.9 Å².